The normalized spacial score (nSPS) is 30.0. The highest BCUT2D eigenvalue weighted by Crippen LogP contribution is 2.61. The van der Waals surface area contributed by atoms with E-state index in [4.69, 9.17) is 19.4 Å². The van der Waals surface area contributed by atoms with Crippen LogP contribution in [0.2, 0.25) is 0 Å². The predicted molar refractivity (Wildman–Crippen MR) is 157 cm³/mol. The van der Waals surface area contributed by atoms with Crippen molar-refractivity contribution < 1.29 is 14.3 Å². The van der Waals surface area contributed by atoms with Crippen LogP contribution in [0.3, 0.4) is 0 Å². The van der Waals surface area contributed by atoms with E-state index < -0.39 is 0 Å². The molecule has 0 bridgehead atoms. The van der Waals surface area contributed by atoms with E-state index in [-0.39, 0.29) is 11.8 Å². The minimum Gasteiger partial charge on any atom is -0.494 e. The van der Waals surface area contributed by atoms with Crippen LogP contribution >= 0.6 is 0 Å². The number of methoxy groups -OCH3 is 1. The zero-order valence-corrected chi connectivity index (χ0v) is 24.0. The van der Waals surface area contributed by atoms with Gasteiger partial charge in [-0.2, -0.15) is 0 Å². The van der Waals surface area contributed by atoms with Crippen molar-refractivity contribution in [3.8, 4) is 5.75 Å². The maximum absolute atomic E-state index is 13.8. The summed E-state index contributed by atoms with van der Waals surface area (Å²) in [5.74, 6) is 5.64. The Labute approximate surface area is 240 Å². The second-order valence-corrected chi connectivity index (χ2v) is 13.6. The summed E-state index contributed by atoms with van der Waals surface area (Å²) in [6.07, 6.45) is 10.6. The van der Waals surface area contributed by atoms with Crippen LogP contribution in [-0.4, -0.2) is 58.3 Å². The van der Waals surface area contributed by atoms with Crippen LogP contribution in [0.15, 0.2) is 24.3 Å². The average Bonchev–Trinajstić information content (AvgIpc) is 3.66. The average molecular weight is 551 g/mol. The van der Waals surface area contributed by atoms with Gasteiger partial charge in [0.1, 0.15) is 17.1 Å². The highest BCUT2D eigenvalue weighted by Gasteiger charge is 2.61. The monoisotopic (exact) mass is 550 g/mol. The molecular weight excluding hydrogens is 512 g/mol. The summed E-state index contributed by atoms with van der Waals surface area (Å²) in [5.41, 5.74) is 7.37. The van der Waals surface area contributed by atoms with Crippen LogP contribution in [0, 0.1) is 23.7 Å². The molecule has 212 valence electrons. The molecule has 0 N–H and O–H groups in total. The van der Waals surface area contributed by atoms with E-state index in [0.717, 1.165) is 85.3 Å². The summed E-state index contributed by atoms with van der Waals surface area (Å²) in [6.45, 7) is 2.56. The van der Waals surface area contributed by atoms with Gasteiger partial charge in [-0.15, -0.1) is 0 Å². The molecule has 2 saturated heterocycles. The van der Waals surface area contributed by atoms with Gasteiger partial charge in [0.15, 0.2) is 0 Å². The molecule has 3 saturated carbocycles. The number of carbonyl (C=O) groups excluding carboxylic acids is 1. The number of benzene rings is 1. The molecule has 4 heterocycles. The van der Waals surface area contributed by atoms with Gasteiger partial charge in [0.05, 0.1) is 18.3 Å². The van der Waals surface area contributed by atoms with E-state index in [0.29, 0.717) is 17.5 Å². The van der Waals surface area contributed by atoms with E-state index >= 15 is 0 Å². The Bertz CT molecular complexity index is 1610. The largest absolute Gasteiger partial charge is 0.494 e. The first-order valence-corrected chi connectivity index (χ1v) is 15.7. The van der Waals surface area contributed by atoms with Gasteiger partial charge in [0.25, 0.3) is 5.91 Å². The molecule has 7 nitrogen and oxygen atoms in total. The molecule has 2 aliphatic heterocycles. The molecule has 2 aromatic heterocycles. The molecule has 1 amide bonds. The fraction of sp³-hybridized carbons (Fsp3) is 0.559. The summed E-state index contributed by atoms with van der Waals surface area (Å²) in [7, 11) is 3.78. The van der Waals surface area contributed by atoms with Crippen molar-refractivity contribution in [3.05, 3.63) is 52.6 Å². The van der Waals surface area contributed by atoms with Gasteiger partial charge in [0.2, 0.25) is 0 Å². The Morgan fingerprint density at radius 3 is 2.68 bits per heavy atom. The molecule has 0 radical (unpaired) electrons. The van der Waals surface area contributed by atoms with Crippen molar-refractivity contribution in [2.24, 2.45) is 30.7 Å². The molecule has 9 rings (SSSR count). The number of rotatable bonds is 6. The van der Waals surface area contributed by atoms with E-state index in [2.05, 4.69) is 34.7 Å². The molecule has 4 aliphatic carbocycles. The van der Waals surface area contributed by atoms with E-state index in [1.54, 1.807) is 7.11 Å². The zero-order valence-electron chi connectivity index (χ0n) is 24.0. The summed E-state index contributed by atoms with van der Waals surface area (Å²) in [4.78, 5) is 26.4. The number of likely N-dealkylation sites (tertiary alicyclic amines) is 1. The predicted octanol–water partition coefficient (Wildman–Crippen LogP) is 5.79. The first kappa shape index (κ1) is 24.4. The van der Waals surface area contributed by atoms with Gasteiger partial charge < -0.3 is 18.9 Å². The topological polar surface area (TPSA) is 69.5 Å². The lowest BCUT2D eigenvalue weighted by Gasteiger charge is -2.52. The second kappa shape index (κ2) is 8.90. The third kappa shape index (κ3) is 3.63. The van der Waals surface area contributed by atoms with Crippen molar-refractivity contribution in [2.75, 3.05) is 26.9 Å². The van der Waals surface area contributed by atoms with Gasteiger partial charge in [-0.3, -0.25) is 9.78 Å². The molecule has 5 atom stereocenters. The summed E-state index contributed by atoms with van der Waals surface area (Å²) in [6, 6.07) is 8.88. The number of ether oxygens (including phenoxy) is 2. The zero-order chi connectivity index (χ0) is 27.4. The minimum absolute atomic E-state index is 0.138. The number of allylic oxidation sites excluding steroid dienone is 1. The number of carbonyl (C=O) groups is 1. The fourth-order valence-electron chi connectivity index (χ4n) is 8.90. The molecule has 3 aromatic rings. The molecule has 6 aliphatic rings. The lowest BCUT2D eigenvalue weighted by molar-refractivity contribution is -0.0204. The highest BCUT2D eigenvalue weighted by atomic mass is 16.5. The van der Waals surface area contributed by atoms with E-state index in [1.165, 1.54) is 48.2 Å². The number of aryl methyl sites for hydroxylation is 1. The van der Waals surface area contributed by atoms with Gasteiger partial charge in [-0.25, -0.2) is 4.98 Å². The number of amides is 1. The Kier molecular flexibility index (Phi) is 5.30. The lowest BCUT2D eigenvalue weighted by atomic mass is 9.53. The Balaban J connectivity index is 1.09. The van der Waals surface area contributed by atoms with Crippen LogP contribution in [-0.2, 0) is 11.8 Å². The summed E-state index contributed by atoms with van der Waals surface area (Å²) in [5, 5.41) is 0. The number of hydrogen-bond donors (Lipinski definition) is 0. The van der Waals surface area contributed by atoms with Crippen molar-refractivity contribution in [1.29, 1.82) is 0 Å². The molecule has 41 heavy (non-hydrogen) atoms. The standard InChI is InChI=1S/C34H38N4O3/c1-37-32-27(14-22(16-29(32)40-2)34(39)38-17-23-12-21-15-28(38)30(21)23)36-33(37)25-13-20-5-6-26(19-7-9-41-10-8-19)35-31(20)24(25)11-18-3-4-18/h5-6,13-14,16,18-19,21,23-24,28,30H,3-4,7-12,15,17H2,1-2H3/t21?,23-,24?,28-,30-/m1/s1. The lowest BCUT2D eigenvalue weighted by Crippen LogP contribution is -2.53. The molecule has 0 spiro atoms. The Morgan fingerprint density at radius 1 is 1.07 bits per heavy atom. The van der Waals surface area contributed by atoms with Gasteiger partial charge in [-0.1, -0.05) is 18.9 Å². The summed E-state index contributed by atoms with van der Waals surface area (Å²) < 4.78 is 13.7. The van der Waals surface area contributed by atoms with Crippen LogP contribution < -0.4 is 4.74 Å². The minimum atomic E-state index is 0.138. The summed E-state index contributed by atoms with van der Waals surface area (Å²) >= 11 is 0. The number of fused-ring (bicyclic) bond motifs is 2. The SMILES string of the molecule is COc1cc(C(=O)N2C[C@H]3CC4C[C@@H]2[C@H]43)cc2nc(C3=Cc4ccc(C5CCOCC5)nc4C3CC3CC3)n(C)c12. The maximum atomic E-state index is 13.8. The van der Waals surface area contributed by atoms with Crippen molar-refractivity contribution in [3.63, 3.8) is 0 Å². The van der Waals surface area contributed by atoms with Gasteiger partial charge in [-0.05, 0) is 85.6 Å². The van der Waals surface area contributed by atoms with Crippen LogP contribution in [0.5, 0.6) is 5.75 Å². The third-order valence-corrected chi connectivity index (χ3v) is 11.3. The molecule has 2 unspecified atom stereocenters. The van der Waals surface area contributed by atoms with Crippen LogP contribution in [0.4, 0.5) is 0 Å². The van der Waals surface area contributed by atoms with Crippen LogP contribution in [0.1, 0.15) is 89.9 Å². The number of imidazole rings is 1. The molecule has 5 fully saturated rings. The molecule has 7 heteroatoms. The van der Waals surface area contributed by atoms with Crippen molar-refractivity contribution in [2.45, 2.75) is 62.8 Å². The first-order valence-electron chi connectivity index (χ1n) is 15.7. The number of pyridine rings is 1. The Morgan fingerprint density at radius 2 is 1.93 bits per heavy atom. The highest BCUT2D eigenvalue weighted by molar-refractivity contribution is 6.01. The number of nitrogens with zero attached hydrogens (tertiary/aromatic N) is 4. The van der Waals surface area contributed by atoms with E-state index in [1.807, 2.05) is 12.1 Å². The second-order valence-electron chi connectivity index (χ2n) is 13.6. The molecular formula is C34H38N4O3. The quantitative estimate of drug-likeness (QED) is 0.389. The van der Waals surface area contributed by atoms with Crippen LogP contribution in [0.25, 0.3) is 22.7 Å². The maximum Gasteiger partial charge on any atom is 0.254 e. The Hall–Kier alpha value is -3.19. The van der Waals surface area contributed by atoms with E-state index in [9.17, 15) is 4.79 Å². The van der Waals surface area contributed by atoms with Gasteiger partial charge >= 0.3 is 0 Å². The number of aromatic nitrogens is 3. The van der Waals surface area contributed by atoms with Crippen molar-refractivity contribution >= 4 is 28.6 Å². The van der Waals surface area contributed by atoms with Crippen molar-refractivity contribution in [1.82, 2.24) is 19.4 Å². The molecule has 1 aromatic carbocycles. The smallest absolute Gasteiger partial charge is 0.254 e. The van der Waals surface area contributed by atoms with Gasteiger partial charge in [0, 0.05) is 61.5 Å². The number of hydrogen-bond acceptors (Lipinski definition) is 5. The first-order chi connectivity index (χ1) is 20.1. The third-order valence-electron chi connectivity index (χ3n) is 11.3. The fourth-order valence-corrected chi connectivity index (χ4v) is 8.90.